The Balaban J connectivity index is 3.30. The van der Waals surface area contributed by atoms with Crippen molar-refractivity contribution in [2.45, 2.75) is 11.8 Å². The summed E-state index contributed by atoms with van der Waals surface area (Å²) in [5.74, 6) is -2.36. The summed E-state index contributed by atoms with van der Waals surface area (Å²) < 4.78 is 38.3. The molecule has 0 aromatic heterocycles. The normalized spacial score (nSPS) is 14.8. The van der Waals surface area contributed by atoms with Gasteiger partial charge in [0.25, 0.3) is 6.43 Å². The van der Waals surface area contributed by atoms with Gasteiger partial charge in [-0.05, 0) is 17.7 Å². The van der Waals surface area contributed by atoms with Crippen molar-refractivity contribution in [1.29, 1.82) is 0 Å². The maximum atomic E-state index is 12.8. The molecule has 3 nitrogen and oxygen atoms in total. The van der Waals surface area contributed by atoms with Gasteiger partial charge in [0.05, 0.1) is 0 Å². The average molecular weight is 233 g/mol. The molecule has 0 saturated heterocycles. The highest BCUT2D eigenvalue weighted by Crippen LogP contribution is 2.30. The van der Waals surface area contributed by atoms with Crippen molar-refractivity contribution in [3.63, 3.8) is 0 Å². The number of aliphatic carboxylic acids is 1. The molecule has 1 rings (SSSR count). The summed E-state index contributed by atoms with van der Waals surface area (Å²) in [4.78, 5) is 10.9. The third-order valence-electron chi connectivity index (χ3n) is 2.44. The van der Waals surface area contributed by atoms with Crippen LogP contribution in [0.25, 0.3) is 0 Å². The minimum absolute atomic E-state index is 0.209. The SMILES string of the molecule is NCC(C(=O)O)(c1ccc(F)cc1)C(F)F. The fourth-order valence-corrected chi connectivity index (χ4v) is 1.38. The zero-order valence-electron chi connectivity index (χ0n) is 8.16. The molecule has 1 atom stereocenters. The van der Waals surface area contributed by atoms with Crippen LogP contribution in [-0.2, 0) is 10.2 Å². The number of nitrogens with two attached hydrogens (primary N) is 1. The summed E-state index contributed by atoms with van der Waals surface area (Å²) in [5, 5.41) is 8.86. The summed E-state index contributed by atoms with van der Waals surface area (Å²) in [6.07, 6.45) is -3.17. The van der Waals surface area contributed by atoms with Gasteiger partial charge in [0, 0.05) is 6.54 Å². The van der Waals surface area contributed by atoms with Crippen LogP contribution >= 0.6 is 0 Å². The van der Waals surface area contributed by atoms with Gasteiger partial charge in [-0.1, -0.05) is 12.1 Å². The summed E-state index contributed by atoms with van der Waals surface area (Å²) >= 11 is 0. The number of carbonyl (C=O) groups is 1. The van der Waals surface area contributed by atoms with Crippen molar-refractivity contribution >= 4 is 5.97 Å². The largest absolute Gasteiger partial charge is 0.480 e. The van der Waals surface area contributed by atoms with Crippen molar-refractivity contribution < 1.29 is 23.1 Å². The van der Waals surface area contributed by atoms with E-state index < -0.39 is 30.2 Å². The Morgan fingerprint density at radius 1 is 1.38 bits per heavy atom. The van der Waals surface area contributed by atoms with Gasteiger partial charge in [0.2, 0.25) is 0 Å². The maximum Gasteiger partial charge on any atom is 0.321 e. The lowest BCUT2D eigenvalue weighted by Gasteiger charge is -2.27. The first-order valence-electron chi connectivity index (χ1n) is 4.42. The zero-order valence-corrected chi connectivity index (χ0v) is 8.16. The van der Waals surface area contributed by atoms with Gasteiger partial charge >= 0.3 is 5.97 Å². The Morgan fingerprint density at radius 2 is 1.88 bits per heavy atom. The highest BCUT2D eigenvalue weighted by atomic mass is 19.3. The molecule has 88 valence electrons. The molecule has 1 aromatic rings. The quantitative estimate of drug-likeness (QED) is 0.825. The van der Waals surface area contributed by atoms with Gasteiger partial charge in [-0.25, -0.2) is 13.2 Å². The molecular formula is C10H10F3NO2. The van der Waals surface area contributed by atoms with Crippen molar-refractivity contribution in [1.82, 2.24) is 0 Å². The lowest BCUT2D eigenvalue weighted by Crippen LogP contribution is -2.49. The van der Waals surface area contributed by atoms with Crippen LogP contribution < -0.4 is 5.73 Å². The topological polar surface area (TPSA) is 63.3 Å². The van der Waals surface area contributed by atoms with Crippen molar-refractivity contribution in [3.05, 3.63) is 35.6 Å². The summed E-state index contributed by atoms with van der Waals surface area (Å²) in [7, 11) is 0. The van der Waals surface area contributed by atoms with Crippen LogP contribution in [-0.4, -0.2) is 24.0 Å². The van der Waals surface area contributed by atoms with Gasteiger partial charge < -0.3 is 10.8 Å². The minimum atomic E-state index is -3.17. The molecule has 0 aliphatic heterocycles. The van der Waals surface area contributed by atoms with E-state index in [2.05, 4.69) is 0 Å². The maximum absolute atomic E-state index is 12.8. The van der Waals surface area contributed by atoms with Crippen LogP contribution in [0.3, 0.4) is 0 Å². The monoisotopic (exact) mass is 233 g/mol. The van der Waals surface area contributed by atoms with Crippen molar-refractivity contribution in [2.75, 3.05) is 6.54 Å². The van der Waals surface area contributed by atoms with E-state index in [0.29, 0.717) is 0 Å². The van der Waals surface area contributed by atoms with E-state index in [9.17, 15) is 18.0 Å². The molecule has 16 heavy (non-hydrogen) atoms. The van der Waals surface area contributed by atoms with E-state index in [1.165, 1.54) is 0 Å². The molecular weight excluding hydrogens is 223 g/mol. The molecule has 6 heteroatoms. The predicted octanol–water partition coefficient (Wildman–Crippen LogP) is 1.37. The number of rotatable bonds is 4. The van der Waals surface area contributed by atoms with Crippen LogP contribution in [0.4, 0.5) is 13.2 Å². The minimum Gasteiger partial charge on any atom is -0.480 e. The molecule has 1 unspecified atom stereocenters. The Labute approximate surface area is 89.7 Å². The van der Waals surface area contributed by atoms with Crippen molar-refractivity contribution in [2.24, 2.45) is 5.73 Å². The molecule has 0 bridgehead atoms. The van der Waals surface area contributed by atoms with Gasteiger partial charge in [-0.3, -0.25) is 4.79 Å². The first-order chi connectivity index (χ1) is 7.45. The summed E-state index contributed by atoms with van der Waals surface area (Å²) in [6.45, 7) is -0.758. The van der Waals surface area contributed by atoms with E-state index in [0.717, 1.165) is 24.3 Å². The highest BCUT2D eigenvalue weighted by molar-refractivity contribution is 5.82. The van der Waals surface area contributed by atoms with Crippen molar-refractivity contribution in [3.8, 4) is 0 Å². The Bertz CT molecular complexity index is 380. The third kappa shape index (κ3) is 1.88. The van der Waals surface area contributed by atoms with Crippen LogP contribution in [0.5, 0.6) is 0 Å². The second-order valence-corrected chi connectivity index (χ2v) is 3.29. The lowest BCUT2D eigenvalue weighted by atomic mass is 9.81. The fourth-order valence-electron chi connectivity index (χ4n) is 1.38. The molecule has 0 fully saturated rings. The Hall–Kier alpha value is -1.56. The van der Waals surface area contributed by atoms with Crippen LogP contribution in [0.1, 0.15) is 5.56 Å². The predicted molar refractivity (Wildman–Crippen MR) is 50.8 cm³/mol. The Morgan fingerprint density at radius 3 is 2.19 bits per heavy atom. The fraction of sp³-hybridized carbons (Fsp3) is 0.300. The Kier molecular flexibility index (Phi) is 3.54. The number of benzene rings is 1. The lowest BCUT2D eigenvalue weighted by molar-refractivity contribution is -0.150. The number of hydrogen-bond donors (Lipinski definition) is 2. The standard InChI is InChI=1S/C10H10F3NO2/c11-7-3-1-6(2-4-7)10(5-14,8(12)13)9(15)16/h1-4,8H,5,14H2,(H,15,16). The molecule has 0 amide bonds. The first-order valence-corrected chi connectivity index (χ1v) is 4.42. The molecule has 0 saturated carbocycles. The number of alkyl halides is 2. The van der Waals surface area contributed by atoms with E-state index in [1.54, 1.807) is 0 Å². The molecule has 0 spiro atoms. The molecule has 1 aromatic carbocycles. The van der Waals surface area contributed by atoms with Crippen LogP contribution in [0.15, 0.2) is 24.3 Å². The van der Waals surface area contributed by atoms with E-state index in [-0.39, 0.29) is 5.56 Å². The molecule has 0 aliphatic rings. The summed E-state index contributed by atoms with van der Waals surface area (Å²) in [5.41, 5.74) is 2.44. The van der Waals surface area contributed by atoms with Gasteiger partial charge in [0.15, 0.2) is 5.41 Å². The second kappa shape index (κ2) is 4.52. The average Bonchev–Trinajstić information content (AvgIpc) is 2.21. The third-order valence-corrected chi connectivity index (χ3v) is 2.44. The molecule has 3 N–H and O–H groups in total. The number of hydrogen-bond acceptors (Lipinski definition) is 2. The molecule has 0 radical (unpaired) electrons. The van der Waals surface area contributed by atoms with E-state index in [4.69, 9.17) is 10.8 Å². The van der Waals surface area contributed by atoms with Gasteiger partial charge in [-0.2, -0.15) is 0 Å². The number of carboxylic acids is 1. The smallest absolute Gasteiger partial charge is 0.321 e. The van der Waals surface area contributed by atoms with Gasteiger partial charge in [0.1, 0.15) is 5.82 Å². The van der Waals surface area contributed by atoms with Crippen LogP contribution in [0, 0.1) is 5.82 Å². The summed E-state index contributed by atoms with van der Waals surface area (Å²) in [6, 6.07) is 3.85. The highest BCUT2D eigenvalue weighted by Gasteiger charge is 2.48. The van der Waals surface area contributed by atoms with E-state index in [1.807, 2.05) is 0 Å². The van der Waals surface area contributed by atoms with Crippen LogP contribution in [0.2, 0.25) is 0 Å². The first kappa shape index (κ1) is 12.5. The molecule has 0 aliphatic carbocycles. The van der Waals surface area contributed by atoms with E-state index >= 15 is 0 Å². The number of halogens is 3. The zero-order chi connectivity index (χ0) is 12.3. The number of carboxylic acid groups (broad SMARTS) is 1. The second-order valence-electron chi connectivity index (χ2n) is 3.29. The van der Waals surface area contributed by atoms with Gasteiger partial charge in [-0.15, -0.1) is 0 Å². The molecule has 0 heterocycles.